The molecule has 0 bridgehead atoms. The van der Waals surface area contributed by atoms with Crippen molar-refractivity contribution in [2.24, 2.45) is 0 Å². The highest BCUT2D eigenvalue weighted by atomic mass is 16.5. The van der Waals surface area contributed by atoms with Crippen molar-refractivity contribution in [3.63, 3.8) is 0 Å². The van der Waals surface area contributed by atoms with Crippen molar-refractivity contribution in [1.29, 1.82) is 0 Å². The van der Waals surface area contributed by atoms with Crippen LogP contribution in [0.1, 0.15) is 16.2 Å². The highest BCUT2D eigenvalue weighted by Crippen LogP contribution is 2.25. The van der Waals surface area contributed by atoms with Crippen LogP contribution in [-0.2, 0) is 0 Å². The number of hydrogen-bond acceptors (Lipinski definition) is 7. The van der Waals surface area contributed by atoms with E-state index < -0.39 is 5.63 Å². The van der Waals surface area contributed by atoms with Gasteiger partial charge in [-0.15, -0.1) is 0 Å². The minimum absolute atomic E-state index is 0.0250. The minimum atomic E-state index is -0.665. The summed E-state index contributed by atoms with van der Waals surface area (Å²) in [6.45, 7) is 4.00. The van der Waals surface area contributed by atoms with Crippen molar-refractivity contribution in [3.05, 3.63) is 76.7 Å². The Balaban J connectivity index is 1.34. The van der Waals surface area contributed by atoms with Gasteiger partial charge in [-0.2, -0.15) is 0 Å². The zero-order valence-corrected chi connectivity index (χ0v) is 18.4. The highest BCUT2D eigenvalue weighted by Gasteiger charge is 2.26. The van der Waals surface area contributed by atoms with Crippen LogP contribution in [-0.4, -0.2) is 58.6 Å². The van der Waals surface area contributed by atoms with Gasteiger partial charge in [0.1, 0.15) is 23.0 Å². The highest BCUT2D eigenvalue weighted by molar-refractivity contribution is 5.97. The van der Waals surface area contributed by atoms with Crippen LogP contribution in [0.15, 0.2) is 64.1 Å². The predicted octanol–water partition coefficient (Wildman–Crippen LogP) is 2.65. The third kappa shape index (κ3) is 3.93. The Morgan fingerprint density at radius 3 is 2.45 bits per heavy atom. The summed E-state index contributed by atoms with van der Waals surface area (Å²) in [5.41, 5.74) is -0.303. The number of aromatic nitrogens is 3. The van der Waals surface area contributed by atoms with E-state index in [1.165, 1.54) is 7.11 Å². The molecule has 1 aliphatic heterocycles. The number of anilines is 1. The van der Waals surface area contributed by atoms with Gasteiger partial charge in [-0.3, -0.25) is 4.79 Å². The van der Waals surface area contributed by atoms with Crippen LogP contribution in [0.2, 0.25) is 0 Å². The van der Waals surface area contributed by atoms with E-state index in [2.05, 4.69) is 14.9 Å². The fourth-order valence-electron chi connectivity index (χ4n) is 4.05. The molecule has 0 aliphatic carbocycles. The average Bonchev–Trinajstić information content (AvgIpc) is 3.38. The van der Waals surface area contributed by atoms with E-state index in [9.17, 15) is 9.59 Å². The Hall–Kier alpha value is -4.14. The molecule has 0 atom stereocenters. The van der Waals surface area contributed by atoms with Gasteiger partial charge in [0.25, 0.3) is 5.91 Å². The molecule has 33 heavy (non-hydrogen) atoms. The van der Waals surface area contributed by atoms with Crippen molar-refractivity contribution in [1.82, 2.24) is 19.4 Å². The topological polar surface area (TPSA) is 93.7 Å². The molecule has 3 aromatic heterocycles. The molecule has 168 valence electrons. The molecule has 1 aliphatic rings. The smallest absolute Gasteiger partial charge is 0.349 e. The van der Waals surface area contributed by atoms with E-state index in [1.54, 1.807) is 29.2 Å². The summed E-state index contributed by atoms with van der Waals surface area (Å²) in [7, 11) is 1.51. The van der Waals surface area contributed by atoms with Crippen molar-refractivity contribution in [3.8, 4) is 11.6 Å². The van der Waals surface area contributed by atoms with Gasteiger partial charge in [-0.1, -0.05) is 12.1 Å². The summed E-state index contributed by atoms with van der Waals surface area (Å²) in [5.74, 6) is 2.41. The molecule has 4 heterocycles. The Morgan fingerprint density at radius 1 is 1.00 bits per heavy atom. The van der Waals surface area contributed by atoms with E-state index in [1.807, 2.05) is 42.1 Å². The van der Waals surface area contributed by atoms with Crippen LogP contribution in [0.3, 0.4) is 0 Å². The van der Waals surface area contributed by atoms with Crippen molar-refractivity contribution in [2.75, 3.05) is 38.2 Å². The van der Waals surface area contributed by atoms with Gasteiger partial charge in [-0.25, -0.2) is 14.8 Å². The number of fused-ring (bicyclic) bond motifs is 1. The molecule has 0 saturated carbocycles. The van der Waals surface area contributed by atoms with Gasteiger partial charge in [0, 0.05) is 50.0 Å². The van der Waals surface area contributed by atoms with Crippen molar-refractivity contribution >= 4 is 22.7 Å². The lowest BCUT2D eigenvalue weighted by Crippen LogP contribution is -2.49. The van der Waals surface area contributed by atoms with Gasteiger partial charge >= 0.3 is 5.63 Å². The Kier molecular flexibility index (Phi) is 5.29. The zero-order valence-electron chi connectivity index (χ0n) is 18.4. The monoisotopic (exact) mass is 445 g/mol. The third-order valence-electron chi connectivity index (χ3n) is 5.74. The molecule has 0 unspecified atom stereocenters. The minimum Gasteiger partial charge on any atom is -0.493 e. The number of rotatable bonds is 4. The maximum atomic E-state index is 13.1. The number of carbonyl (C=O) groups is 1. The van der Waals surface area contributed by atoms with E-state index >= 15 is 0 Å². The number of ether oxygens (including phenoxy) is 1. The Morgan fingerprint density at radius 2 is 1.73 bits per heavy atom. The third-order valence-corrected chi connectivity index (χ3v) is 5.74. The summed E-state index contributed by atoms with van der Waals surface area (Å²) < 4.78 is 12.6. The van der Waals surface area contributed by atoms with Crippen molar-refractivity contribution < 1.29 is 13.9 Å². The van der Waals surface area contributed by atoms with Gasteiger partial charge < -0.3 is 23.5 Å². The zero-order chi connectivity index (χ0) is 22.9. The number of methoxy groups -OCH3 is 1. The second-order valence-electron chi connectivity index (χ2n) is 7.83. The van der Waals surface area contributed by atoms with Crippen LogP contribution in [0.4, 0.5) is 5.82 Å². The molecular weight excluding hydrogens is 422 g/mol. The lowest BCUT2D eigenvalue weighted by molar-refractivity contribution is 0.0742. The van der Waals surface area contributed by atoms with Gasteiger partial charge in [0.2, 0.25) is 0 Å². The van der Waals surface area contributed by atoms with Crippen LogP contribution in [0.25, 0.3) is 16.8 Å². The molecule has 1 aromatic carbocycles. The quantitative estimate of drug-likeness (QED) is 0.446. The molecule has 5 rings (SSSR count). The Bertz CT molecular complexity index is 1370. The molecule has 0 radical (unpaired) electrons. The number of benzene rings is 1. The lowest BCUT2D eigenvalue weighted by atomic mass is 10.1. The summed E-state index contributed by atoms with van der Waals surface area (Å²) in [4.78, 5) is 38.6. The first-order chi connectivity index (χ1) is 16.0. The molecular formula is C24H23N5O4. The molecule has 1 amide bonds. The molecule has 1 fully saturated rings. The first-order valence-electron chi connectivity index (χ1n) is 10.7. The number of para-hydroxylation sites is 1. The van der Waals surface area contributed by atoms with E-state index in [0.717, 1.165) is 11.6 Å². The van der Waals surface area contributed by atoms with E-state index in [-0.39, 0.29) is 11.5 Å². The maximum Gasteiger partial charge on any atom is 0.349 e. The van der Waals surface area contributed by atoms with Gasteiger partial charge in [0.05, 0.1) is 7.11 Å². The fourth-order valence-corrected chi connectivity index (χ4v) is 4.05. The number of carbonyl (C=O) groups excluding carboxylic acids is 1. The second-order valence-corrected chi connectivity index (χ2v) is 7.83. The number of aryl methyl sites for hydroxylation is 1. The number of amides is 1. The van der Waals surface area contributed by atoms with Crippen molar-refractivity contribution in [2.45, 2.75) is 6.92 Å². The Labute approximate surface area is 189 Å². The normalized spacial score (nSPS) is 14.0. The number of nitrogens with zero attached hydrogens (tertiary/aromatic N) is 5. The largest absolute Gasteiger partial charge is 0.493 e. The molecule has 4 aromatic rings. The first kappa shape index (κ1) is 20.7. The number of hydrogen-bond donors (Lipinski definition) is 0. The SMILES string of the molecule is COc1cccc2cc(C(=O)N3CCN(c4cc(-n5cccc5)nc(C)n4)CC3)c(=O)oc12. The summed E-state index contributed by atoms with van der Waals surface area (Å²) >= 11 is 0. The van der Waals surface area contributed by atoms with E-state index in [4.69, 9.17) is 9.15 Å². The molecule has 0 spiro atoms. The van der Waals surface area contributed by atoms with E-state index in [0.29, 0.717) is 48.7 Å². The molecule has 0 N–H and O–H groups in total. The first-order valence-corrected chi connectivity index (χ1v) is 10.7. The van der Waals surface area contributed by atoms with Gasteiger partial charge in [-0.05, 0) is 31.2 Å². The van der Waals surface area contributed by atoms with Gasteiger partial charge in [0.15, 0.2) is 11.3 Å². The predicted molar refractivity (Wildman–Crippen MR) is 123 cm³/mol. The van der Waals surface area contributed by atoms with Crippen LogP contribution < -0.4 is 15.3 Å². The maximum absolute atomic E-state index is 13.1. The van der Waals surface area contributed by atoms with Crippen LogP contribution in [0, 0.1) is 6.92 Å². The molecule has 9 heteroatoms. The number of piperazine rings is 1. The molecule has 9 nitrogen and oxygen atoms in total. The second kappa shape index (κ2) is 8.42. The summed E-state index contributed by atoms with van der Waals surface area (Å²) in [5, 5.41) is 0.643. The van der Waals surface area contributed by atoms with Crippen LogP contribution in [0.5, 0.6) is 5.75 Å². The summed E-state index contributed by atoms with van der Waals surface area (Å²) in [6, 6.07) is 12.7. The lowest BCUT2D eigenvalue weighted by Gasteiger charge is -2.35. The molecule has 1 saturated heterocycles. The van der Waals surface area contributed by atoms with Crippen LogP contribution >= 0.6 is 0 Å². The standard InChI is InChI=1S/C24H23N5O4/c1-16-25-20(27-8-3-4-9-27)15-21(26-16)28-10-12-29(13-11-28)23(30)18-14-17-6-5-7-19(32-2)22(17)33-24(18)31/h3-9,14-15H,10-13H2,1-2H3. The summed E-state index contributed by atoms with van der Waals surface area (Å²) in [6.07, 6.45) is 3.87. The fraction of sp³-hybridized carbons (Fsp3) is 0.250. The average molecular weight is 445 g/mol.